The number of halogens is 2. The summed E-state index contributed by atoms with van der Waals surface area (Å²) in [5.74, 6) is 0.573. The molecule has 5 nitrogen and oxygen atoms in total. The van der Waals surface area contributed by atoms with Crippen molar-refractivity contribution in [3.63, 3.8) is 0 Å². The lowest BCUT2D eigenvalue weighted by Gasteiger charge is -2.08. The van der Waals surface area contributed by atoms with Crippen molar-refractivity contribution in [3.05, 3.63) is 70.6 Å². The minimum absolute atomic E-state index is 0.111. The first-order valence-electron chi connectivity index (χ1n) is 7.32. The molecule has 0 aliphatic rings. The number of aryl methyl sites for hydroxylation is 1. The number of benzene rings is 1. The average Bonchev–Trinajstić information content (AvgIpc) is 3.11. The van der Waals surface area contributed by atoms with Gasteiger partial charge in [0.05, 0.1) is 21.9 Å². The molecule has 7 heteroatoms. The topological polar surface area (TPSA) is 59.8 Å². The van der Waals surface area contributed by atoms with Crippen molar-refractivity contribution in [1.82, 2.24) is 14.8 Å². The highest BCUT2D eigenvalue weighted by Crippen LogP contribution is 2.26. The number of nitrogens with one attached hydrogen (secondary N) is 1. The van der Waals surface area contributed by atoms with Crippen LogP contribution in [0, 0.1) is 0 Å². The molecule has 122 valence electrons. The van der Waals surface area contributed by atoms with Gasteiger partial charge in [0.25, 0.3) is 0 Å². The van der Waals surface area contributed by atoms with Crippen LogP contribution in [-0.2, 0) is 11.2 Å². The van der Waals surface area contributed by atoms with E-state index in [1.807, 2.05) is 18.2 Å². The van der Waals surface area contributed by atoms with Crippen molar-refractivity contribution in [2.75, 3.05) is 5.32 Å². The molecule has 2 aromatic heterocycles. The Morgan fingerprint density at radius 2 is 2.04 bits per heavy atom. The van der Waals surface area contributed by atoms with Gasteiger partial charge in [-0.05, 0) is 36.2 Å². The van der Waals surface area contributed by atoms with Crippen LogP contribution in [0.3, 0.4) is 0 Å². The van der Waals surface area contributed by atoms with E-state index in [9.17, 15) is 4.79 Å². The van der Waals surface area contributed by atoms with Gasteiger partial charge in [-0.15, -0.1) is 0 Å². The maximum Gasteiger partial charge on any atom is 0.224 e. The number of rotatable bonds is 5. The summed E-state index contributed by atoms with van der Waals surface area (Å²) in [6, 6.07) is 10.8. The number of amides is 1. The fourth-order valence-corrected chi connectivity index (χ4v) is 2.63. The monoisotopic (exact) mass is 360 g/mol. The maximum atomic E-state index is 12.1. The van der Waals surface area contributed by atoms with E-state index in [1.54, 1.807) is 41.5 Å². The number of pyridine rings is 1. The highest BCUT2D eigenvalue weighted by atomic mass is 35.5. The van der Waals surface area contributed by atoms with E-state index in [1.165, 1.54) is 0 Å². The van der Waals surface area contributed by atoms with Gasteiger partial charge in [0, 0.05) is 18.8 Å². The van der Waals surface area contributed by atoms with E-state index in [2.05, 4.69) is 15.4 Å². The molecule has 0 aliphatic carbocycles. The fraction of sp³-hybridized carbons (Fsp3) is 0.118. The molecule has 2 heterocycles. The molecule has 3 aromatic rings. The van der Waals surface area contributed by atoms with E-state index in [0.29, 0.717) is 34.4 Å². The summed E-state index contributed by atoms with van der Waals surface area (Å²) >= 11 is 12.1. The molecule has 3 rings (SSSR count). The van der Waals surface area contributed by atoms with Crippen molar-refractivity contribution in [1.29, 1.82) is 0 Å². The van der Waals surface area contributed by atoms with Crippen LogP contribution in [0.2, 0.25) is 10.0 Å². The van der Waals surface area contributed by atoms with Crippen LogP contribution in [0.4, 0.5) is 5.69 Å². The largest absolute Gasteiger partial charge is 0.325 e. The molecule has 24 heavy (non-hydrogen) atoms. The summed E-state index contributed by atoms with van der Waals surface area (Å²) in [5, 5.41) is 7.90. The van der Waals surface area contributed by atoms with Gasteiger partial charge in [-0.1, -0.05) is 35.3 Å². The quantitative estimate of drug-likeness (QED) is 0.743. The molecule has 1 N–H and O–H groups in total. The predicted molar refractivity (Wildman–Crippen MR) is 94.8 cm³/mol. The van der Waals surface area contributed by atoms with Gasteiger partial charge in [-0.2, -0.15) is 5.10 Å². The summed E-state index contributed by atoms with van der Waals surface area (Å²) < 4.78 is 1.65. The van der Waals surface area contributed by atoms with Gasteiger partial charge < -0.3 is 5.32 Å². The second-order valence-electron chi connectivity index (χ2n) is 5.12. The Labute approximate surface area is 149 Å². The smallest absolute Gasteiger partial charge is 0.224 e. The zero-order valence-electron chi connectivity index (χ0n) is 12.6. The second-order valence-corrected chi connectivity index (χ2v) is 5.90. The van der Waals surface area contributed by atoms with Crippen LogP contribution in [0.15, 0.2) is 55.0 Å². The lowest BCUT2D eigenvalue weighted by molar-refractivity contribution is -0.116. The zero-order valence-corrected chi connectivity index (χ0v) is 14.1. The third-order valence-electron chi connectivity index (χ3n) is 3.42. The Bertz CT molecular complexity index is 832. The Morgan fingerprint density at radius 3 is 2.75 bits per heavy atom. The first kappa shape index (κ1) is 16.5. The van der Waals surface area contributed by atoms with Crippen molar-refractivity contribution < 1.29 is 4.79 Å². The summed E-state index contributed by atoms with van der Waals surface area (Å²) in [6.45, 7) is 0. The Balaban J connectivity index is 1.58. The Hall–Kier alpha value is -2.37. The van der Waals surface area contributed by atoms with Crippen LogP contribution in [0.5, 0.6) is 0 Å². The van der Waals surface area contributed by atoms with Gasteiger partial charge in [0.1, 0.15) is 0 Å². The number of carbonyl (C=O) groups is 1. The summed E-state index contributed by atoms with van der Waals surface area (Å²) in [6.07, 6.45) is 5.90. The molecule has 0 spiro atoms. The number of aromatic nitrogens is 3. The molecule has 0 radical (unpaired) electrons. The number of anilines is 1. The molecule has 0 saturated heterocycles. The van der Waals surface area contributed by atoms with Crippen LogP contribution >= 0.6 is 23.2 Å². The Morgan fingerprint density at radius 1 is 1.17 bits per heavy atom. The normalized spacial score (nSPS) is 10.6. The van der Waals surface area contributed by atoms with Crippen LogP contribution in [0.25, 0.3) is 5.82 Å². The van der Waals surface area contributed by atoms with Crippen molar-refractivity contribution >= 4 is 34.8 Å². The molecular weight excluding hydrogens is 347 g/mol. The minimum atomic E-state index is -0.111. The molecule has 0 aliphatic heterocycles. The third-order valence-corrected chi connectivity index (χ3v) is 4.28. The maximum absolute atomic E-state index is 12.1. The zero-order chi connectivity index (χ0) is 16.9. The van der Waals surface area contributed by atoms with Crippen LogP contribution in [-0.4, -0.2) is 20.7 Å². The number of hydrogen-bond acceptors (Lipinski definition) is 3. The summed E-state index contributed by atoms with van der Waals surface area (Å²) in [7, 11) is 0. The standard InChI is InChI=1S/C17H14Cl2N4O/c18-14-4-1-3-12(17(14)19)5-8-16(24)22-13-6-7-15(20-11-13)23-10-2-9-21-23/h1-4,6-7,9-11H,5,8H2,(H,22,24). The first-order valence-corrected chi connectivity index (χ1v) is 8.08. The Kier molecular flexibility index (Phi) is 5.13. The fourth-order valence-electron chi connectivity index (χ4n) is 2.21. The number of carbonyl (C=O) groups excluding carboxylic acids is 1. The number of hydrogen-bond donors (Lipinski definition) is 1. The van der Waals surface area contributed by atoms with Crippen molar-refractivity contribution in [3.8, 4) is 5.82 Å². The van der Waals surface area contributed by atoms with E-state index in [-0.39, 0.29) is 5.91 Å². The minimum Gasteiger partial charge on any atom is -0.325 e. The molecule has 0 atom stereocenters. The highest BCUT2D eigenvalue weighted by Gasteiger charge is 2.08. The van der Waals surface area contributed by atoms with Gasteiger partial charge in [0.15, 0.2) is 5.82 Å². The SMILES string of the molecule is O=C(CCc1cccc(Cl)c1Cl)Nc1ccc(-n2cccn2)nc1. The van der Waals surface area contributed by atoms with Crippen molar-refractivity contribution in [2.45, 2.75) is 12.8 Å². The molecule has 1 aromatic carbocycles. The van der Waals surface area contributed by atoms with Crippen LogP contribution < -0.4 is 5.32 Å². The van der Waals surface area contributed by atoms with Gasteiger partial charge >= 0.3 is 0 Å². The predicted octanol–water partition coefficient (Wildman–Crippen LogP) is 4.15. The average molecular weight is 361 g/mol. The van der Waals surface area contributed by atoms with Gasteiger partial charge in [-0.25, -0.2) is 9.67 Å². The van der Waals surface area contributed by atoms with Crippen LogP contribution in [0.1, 0.15) is 12.0 Å². The van der Waals surface area contributed by atoms with E-state index < -0.39 is 0 Å². The molecule has 0 fully saturated rings. The van der Waals surface area contributed by atoms with E-state index in [0.717, 1.165) is 5.56 Å². The molecule has 0 bridgehead atoms. The lowest BCUT2D eigenvalue weighted by atomic mass is 10.1. The first-order chi connectivity index (χ1) is 11.6. The lowest BCUT2D eigenvalue weighted by Crippen LogP contribution is -2.13. The third kappa shape index (κ3) is 3.93. The van der Waals surface area contributed by atoms with E-state index >= 15 is 0 Å². The van der Waals surface area contributed by atoms with Crippen molar-refractivity contribution in [2.24, 2.45) is 0 Å². The van der Waals surface area contributed by atoms with Gasteiger partial charge in [-0.3, -0.25) is 4.79 Å². The summed E-state index contributed by atoms with van der Waals surface area (Å²) in [4.78, 5) is 16.3. The van der Waals surface area contributed by atoms with E-state index in [4.69, 9.17) is 23.2 Å². The molecule has 0 unspecified atom stereocenters. The number of nitrogens with zero attached hydrogens (tertiary/aromatic N) is 3. The van der Waals surface area contributed by atoms with Gasteiger partial charge in [0.2, 0.25) is 5.91 Å². The summed E-state index contributed by atoms with van der Waals surface area (Å²) in [5.41, 5.74) is 1.49. The molecule has 0 saturated carbocycles. The second kappa shape index (κ2) is 7.47. The molecule has 1 amide bonds. The highest BCUT2D eigenvalue weighted by molar-refractivity contribution is 6.42. The molecular formula is C17H14Cl2N4O.